The molecule has 2 unspecified atom stereocenters. The monoisotopic (exact) mass is 510 g/mol. The number of amides is 1. The second-order valence-electron chi connectivity index (χ2n) is 9.82. The lowest BCUT2D eigenvalue weighted by molar-refractivity contribution is -0.137. The predicted octanol–water partition coefficient (Wildman–Crippen LogP) is 4.63. The van der Waals surface area contributed by atoms with Crippen LogP contribution in [0.2, 0.25) is 0 Å². The molecule has 1 saturated carbocycles. The number of piperidine rings is 1. The Morgan fingerprint density at radius 2 is 1.54 bits per heavy atom. The van der Waals surface area contributed by atoms with Gasteiger partial charge < -0.3 is 20.1 Å². The largest absolute Gasteiger partial charge is 0.490 e. The van der Waals surface area contributed by atoms with Gasteiger partial charge in [-0.1, -0.05) is 12.1 Å². The van der Waals surface area contributed by atoms with Gasteiger partial charge in [0.2, 0.25) is 0 Å². The van der Waals surface area contributed by atoms with Crippen LogP contribution in [0.4, 0.5) is 13.2 Å². The van der Waals surface area contributed by atoms with Crippen LogP contribution in [0.15, 0.2) is 48.5 Å². The molecule has 0 aromatic heterocycles. The third kappa shape index (κ3) is 5.44. The number of likely N-dealkylation sites (tertiary alicyclic amines) is 1. The van der Waals surface area contributed by atoms with E-state index in [0.29, 0.717) is 49.1 Å². The van der Waals surface area contributed by atoms with E-state index in [0.717, 1.165) is 43.6 Å². The number of hydrogen-bond donors (Lipinski definition) is 2. The molecule has 3 aliphatic rings. The van der Waals surface area contributed by atoms with Crippen molar-refractivity contribution in [2.75, 3.05) is 26.2 Å². The third-order valence-corrected chi connectivity index (χ3v) is 7.58. The lowest BCUT2D eigenvalue weighted by Crippen LogP contribution is -2.39. The molecular weight excluding hydrogens is 481 g/mol. The highest BCUT2D eigenvalue weighted by Gasteiger charge is 2.43. The zero-order valence-electron chi connectivity index (χ0n) is 19.3. The van der Waals surface area contributed by atoms with Gasteiger partial charge >= 0.3 is 6.18 Å². The van der Waals surface area contributed by atoms with Crippen LogP contribution in [0.5, 0.6) is 5.75 Å². The standard InChI is InChI=1S/C26H29F3N2O3.ClH/c27-26(28,29)21-5-7-22(8-6-21)34-23-13-18-15-31(16-19(18)14-23)24(32)17-1-3-20(4-2-17)25(33)9-11-30-12-10-25;/h1-8,18-19,23,30,33H,9-16H2;1H. The fraction of sp³-hybridized carbons (Fsp3) is 0.500. The molecule has 2 saturated heterocycles. The van der Waals surface area contributed by atoms with Crippen molar-refractivity contribution in [3.05, 3.63) is 65.2 Å². The maximum absolute atomic E-state index is 13.1. The summed E-state index contributed by atoms with van der Waals surface area (Å²) in [5.41, 5.74) is -0.0410. The number of alkyl halides is 3. The molecule has 0 spiro atoms. The SMILES string of the molecule is Cl.O=C(c1ccc(C2(O)CCNCC2)cc1)N1CC2CC(Oc3ccc(C(F)(F)F)cc3)CC2C1. The number of rotatable bonds is 4. The molecule has 2 heterocycles. The summed E-state index contributed by atoms with van der Waals surface area (Å²) in [5.74, 6) is 1.11. The number of carbonyl (C=O) groups excluding carboxylic acids is 1. The molecule has 5 rings (SSSR count). The van der Waals surface area contributed by atoms with Gasteiger partial charge in [0.1, 0.15) is 5.75 Å². The first-order valence-corrected chi connectivity index (χ1v) is 11.9. The molecule has 1 aliphatic carbocycles. The Morgan fingerprint density at radius 1 is 0.971 bits per heavy atom. The molecule has 2 atom stereocenters. The highest BCUT2D eigenvalue weighted by Crippen LogP contribution is 2.41. The minimum Gasteiger partial charge on any atom is -0.490 e. The molecule has 1 amide bonds. The fourth-order valence-corrected chi connectivity index (χ4v) is 5.66. The van der Waals surface area contributed by atoms with E-state index in [4.69, 9.17) is 4.74 Å². The van der Waals surface area contributed by atoms with E-state index in [1.54, 1.807) is 0 Å². The first-order chi connectivity index (χ1) is 16.2. The summed E-state index contributed by atoms with van der Waals surface area (Å²) in [6.07, 6.45) is -1.51. The van der Waals surface area contributed by atoms with Crippen LogP contribution in [-0.2, 0) is 11.8 Å². The summed E-state index contributed by atoms with van der Waals surface area (Å²) < 4.78 is 44.2. The van der Waals surface area contributed by atoms with Gasteiger partial charge in [-0.05, 0) is 92.6 Å². The van der Waals surface area contributed by atoms with E-state index < -0.39 is 17.3 Å². The molecule has 0 bridgehead atoms. The van der Waals surface area contributed by atoms with Crippen LogP contribution in [0.3, 0.4) is 0 Å². The quantitative estimate of drug-likeness (QED) is 0.630. The van der Waals surface area contributed by atoms with Gasteiger partial charge in [0.25, 0.3) is 5.91 Å². The van der Waals surface area contributed by atoms with Gasteiger partial charge in [-0.2, -0.15) is 13.2 Å². The highest BCUT2D eigenvalue weighted by atomic mass is 35.5. The molecule has 9 heteroatoms. The zero-order valence-corrected chi connectivity index (χ0v) is 20.1. The summed E-state index contributed by atoms with van der Waals surface area (Å²) in [6.45, 7) is 2.87. The van der Waals surface area contributed by atoms with E-state index >= 15 is 0 Å². The zero-order chi connectivity index (χ0) is 23.9. The van der Waals surface area contributed by atoms with E-state index in [1.807, 2.05) is 29.2 Å². The van der Waals surface area contributed by atoms with Crippen molar-refractivity contribution < 1.29 is 27.8 Å². The van der Waals surface area contributed by atoms with Gasteiger partial charge in [-0.3, -0.25) is 4.79 Å². The number of aliphatic hydroxyl groups is 1. The molecule has 190 valence electrons. The summed E-state index contributed by atoms with van der Waals surface area (Å²) in [5, 5.41) is 14.1. The third-order valence-electron chi connectivity index (χ3n) is 7.58. The molecular formula is C26H30ClF3N2O3. The van der Waals surface area contributed by atoms with Crippen molar-refractivity contribution in [3.63, 3.8) is 0 Å². The number of carbonyl (C=O) groups is 1. The maximum Gasteiger partial charge on any atom is 0.416 e. The number of hydrogen-bond acceptors (Lipinski definition) is 4. The lowest BCUT2D eigenvalue weighted by Gasteiger charge is -2.33. The molecule has 0 radical (unpaired) electrons. The summed E-state index contributed by atoms with van der Waals surface area (Å²) in [7, 11) is 0. The summed E-state index contributed by atoms with van der Waals surface area (Å²) >= 11 is 0. The van der Waals surface area contributed by atoms with Gasteiger partial charge in [-0.25, -0.2) is 0 Å². The van der Waals surface area contributed by atoms with E-state index in [9.17, 15) is 23.1 Å². The van der Waals surface area contributed by atoms with E-state index in [-0.39, 0.29) is 24.4 Å². The van der Waals surface area contributed by atoms with Crippen LogP contribution in [0.1, 0.15) is 47.2 Å². The Labute approximate surface area is 209 Å². The van der Waals surface area contributed by atoms with Crippen LogP contribution < -0.4 is 10.1 Å². The van der Waals surface area contributed by atoms with Gasteiger partial charge in [0.15, 0.2) is 0 Å². The highest BCUT2D eigenvalue weighted by molar-refractivity contribution is 5.94. The molecule has 2 N–H and O–H groups in total. The van der Waals surface area contributed by atoms with E-state index in [1.165, 1.54) is 12.1 Å². The second kappa shape index (κ2) is 9.99. The van der Waals surface area contributed by atoms with Crippen LogP contribution in [0.25, 0.3) is 0 Å². The molecule has 2 aromatic rings. The average Bonchev–Trinajstić information content (AvgIpc) is 3.38. The van der Waals surface area contributed by atoms with Gasteiger partial charge in [0, 0.05) is 18.7 Å². The minimum atomic E-state index is -4.36. The number of benzene rings is 2. The number of fused-ring (bicyclic) bond motifs is 1. The van der Waals surface area contributed by atoms with Crippen molar-refractivity contribution in [1.29, 1.82) is 0 Å². The molecule has 35 heavy (non-hydrogen) atoms. The van der Waals surface area contributed by atoms with Crippen LogP contribution in [-0.4, -0.2) is 48.2 Å². The van der Waals surface area contributed by atoms with Crippen LogP contribution in [0, 0.1) is 11.8 Å². The van der Waals surface area contributed by atoms with Gasteiger partial charge in [0.05, 0.1) is 17.3 Å². The normalized spacial score (nSPS) is 25.6. The fourth-order valence-electron chi connectivity index (χ4n) is 5.66. The molecule has 2 aliphatic heterocycles. The summed E-state index contributed by atoms with van der Waals surface area (Å²) in [6, 6.07) is 12.2. The molecule has 3 fully saturated rings. The smallest absolute Gasteiger partial charge is 0.416 e. The van der Waals surface area contributed by atoms with Crippen molar-refractivity contribution in [2.45, 2.75) is 43.6 Å². The number of nitrogens with one attached hydrogen (secondary N) is 1. The Kier molecular flexibility index (Phi) is 7.36. The number of nitrogens with zero attached hydrogens (tertiary/aromatic N) is 1. The Hall–Kier alpha value is -2.29. The first kappa shape index (κ1) is 25.8. The van der Waals surface area contributed by atoms with Crippen LogP contribution >= 0.6 is 12.4 Å². The summed E-state index contributed by atoms with van der Waals surface area (Å²) in [4.78, 5) is 14.9. The number of ether oxygens (including phenoxy) is 1. The lowest BCUT2D eigenvalue weighted by atomic mass is 9.85. The molecule has 5 nitrogen and oxygen atoms in total. The second-order valence-corrected chi connectivity index (χ2v) is 9.82. The maximum atomic E-state index is 13.1. The van der Waals surface area contributed by atoms with E-state index in [2.05, 4.69) is 5.32 Å². The van der Waals surface area contributed by atoms with Crippen molar-refractivity contribution in [3.8, 4) is 5.75 Å². The Bertz CT molecular complexity index is 1010. The van der Waals surface area contributed by atoms with Crippen molar-refractivity contribution >= 4 is 18.3 Å². The minimum absolute atomic E-state index is 0. The predicted molar refractivity (Wildman–Crippen MR) is 128 cm³/mol. The Balaban J connectivity index is 0.00000289. The Morgan fingerprint density at radius 3 is 2.09 bits per heavy atom. The van der Waals surface area contributed by atoms with Crippen molar-refractivity contribution in [1.82, 2.24) is 10.2 Å². The number of halogens is 4. The topological polar surface area (TPSA) is 61.8 Å². The molecule has 2 aromatic carbocycles. The van der Waals surface area contributed by atoms with Crippen molar-refractivity contribution in [2.24, 2.45) is 11.8 Å². The van der Waals surface area contributed by atoms with Gasteiger partial charge in [-0.15, -0.1) is 12.4 Å². The first-order valence-electron chi connectivity index (χ1n) is 11.9. The average molecular weight is 511 g/mol.